The maximum absolute atomic E-state index is 11.7. The number of hydrogen-bond acceptors (Lipinski definition) is 4. The number of fused-ring (bicyclic) bond motifs is 1. The fourth-order valence-corrected chi connectivity index (χ4v) is 1.59. The molecule has 1 aromatic rings. The van der Waals surface area contributed by atoms with E-state index in [1.807, 2.05) is 12.3 Å². The lowest BCUT2D eigenvalue weighted by Gasteiger charge is -2.28. The van der Waals surface area contributed by atoms with Crippen molar-refractivity contribution in [2.75, 3.05) is 17.3 Å². The second kappa shape index (κ2) is 3.74. The van der Waals surface area contributed by atoms with Crippen LogP contribution in [0.25, 0.3) is 0 Å². The van der Waals surface area contributed by atoms with E-state index in [-0.39, 0.29) is 5.91 Å². The van der Waals surface area contributed by atoms with Crippen LogP contribution in [0.4, 0.5) is 11.4 Å². The van der Waals surface area contributed by atoms with Crippen molar-refractivity contribution < 1.29 is 9.53 Å². The minimum absolute atomic E-state index is 0.344. The van der Waals surface area contributed by atoms with E-state index in [0.717, 1.165) is 10.6 Å². The first-order valence-corrected chi connectivity index (χ1v) is 4.89. The standard InChI is InChI=1S/C11H11N3O2/c1-7-11(15)14(6-12)9-5-8(13-2)3-4-10(9)16-7/h3-5,7,13H,1-2H3. The maximum atomic E-state index is 11.7. The van der Waals surface area contributed by atoms with Gasteiger partial charge in [0.1, 0.15) is 11.4 Å². The van der Waals surface area contributed by atoms with E-state index in [2.05, 4.69) is 5.32 Å². The Bertz CT molecular complexity index is 479. The van der Waals surface area contributed by atoms with Crippen LogP contribution in [0.2, 0.25) is 0 Å². The molecule has 1 aliphatic heterocycles. The molecule has 5 heteroatoms. The number of nitriles is 1. The highest BCUT2D eigenvalue weighted by atomic mass is 16.5. The van der Waals surface area contributed by atoms with Crippen molar-refractivity contribution in [3.63, 3.8) is 0 Å². The van der Waals surface area contributed by atoms with Gasteiger partial charge in [0.25, 0.3) is 5.91 Å². The van der Waals surface area contributed by atoms with Gasteiger partial charge in [-0.3, -0.25) is 4.79 Å². The van der Waals surface area contributed by atoms with Crippen molar-refractivity contribution in [3.8, 4) is 11.9 Å². The highest BCUT2D eigenvalue weighted by Crippen LogP contribution is 2.35. The zero-order valence-electron chi connectivity index (χ0n) is 9.02. The third kappa shape index (κ3) is 1.44. The zero-order valence-corrected chi connectivity index (χ0v) is 9.02. The summed E-state index contributed by atoms with van der Waals surface area (Å²) in [5, 5.41) is 11.9. The van der Waals surface area contributed by atoms with E-state index in [1.165, 1.54) is 0 Å². The molecule has 0 aromatic heterocycles. The molecule has 1 aliphatic rings. The number of carbonyl (C=O) groups excluding carboxylic acids is 1. The highest BCUT2D eigenvalue weighted by molar-refractivity contribution is 6.02. The van der Waals surface area contributed by atoms with Gasteiger partial charge in [0.05, 0.1) is 0 Å². The van der Waals surface area contributed by atoms with Crippen LogP contribution in [0.1, 0.15) is 6.92 Å². The number of benzene rings is 1. The van der Waals surface area contributed by atoms with Crippen LogP contribution >= 0.6 is 0 Å². The van der Waals surface area contributed by atoms with Crippen LogP contribution < -0.4 is 15.0 Å². The molecular formula is C11H11N3O2. The first kappa shape index (κ1) is 10.3. The fourth-order valence-electron chi connectivity index (χ4n) is 1.59. The summed E-state index contributed by atoms with van der Waals surface area (Å²) < 4.78 is 5.41. The first-order chi connectivity index (χ1) is 7.67. The van der Waals surface area contributed by atoms with Crippen LogP contribution in [0.5, 0.6) is 5.75 Å². The van der Waals surface area contributed by atoms with Crippen molar-refractivity contribution in [2.45, 2.75) is 13.0 Å². The number of ether oxygens (including phenoxy) is 1. The highest BCUT2D eigenvalue weighted by Gasteiger charge is 2.31. The number of anilines is 2. The molecule has 0 fully saturated rings. The summed E-state index contributed by atoms with van der Waals surface area (Å²) in [6.45, 7) is 1.63. The average Bonchev–Trinajstić information content (AvgIpc) is 2.30. The van der Waals surface area contributed by atoms with Crippen molar-refractivity contribution in [3.05, 3.63) is 18.2 Å². The smallest absolute Gasteiger partial charge is 0.281 e. The average molecular weight is 217 g/mol. The summed E-state index contributed by atoms with van der Waals surface area (Å²) in [4.78, 5) is 12.7. The maximum Gasteiger partial charge on any atom is 0.281 e. The molecule has 1 unspecified atom stereocenters. The topological polar surface area (TPSA) is 65.4 Å². The van der Waals surface area contributed by atoms with Gasteiger partial charge in [0.2, 0.25) is 0 Å². The lowest BCUT2D eigenvalue weighted by atomic mass is 10.2. The molecule has 1 amide bonds. The predicted molar refractivity (Wildman–Crippen MR) is 59.2 cm³/mol. The SMILES string of the molecule is CNc1ccc2c(c1)N(C#N)C(=O)C(C)O2. The second-order valence-electron chi connectivity index (χ2n) is 3.47. The summed E-state index contributed by atoms with van der Waals surface area (Å²) in [5.74, 6) is 0.205. The van der Waals surface area contributed by atoms with Gasteiger partial charge in [0.15, 0.2) is 12.3 Å². The number of nitrogens with zero attached hydrogens (tertiary/aromatic N) is 2. The van der Waals surface area contributed by atoms with Crippen molar-refractivity contribution in [1.29, 1.82) is 5.26 Å². The van der Waals surface area contributed by atoms with Crippen LogP contribution in [0.15, 0.2) is 18.2 Å². The number of carbonyl (C=O) groups is 1. The molecule has 1 aromatic carbocycles. The Kier molecular flexibility index (Phi) is 2.41. The molecule has 0 spiro atoms. The fraction of sp³-hybridized carbons (Fsp3) is 0.273. The summed E-state index contributed by atoms with van der Waals surface area (Å²) in [6.07, 6.45) is 1.25. The quantitative estimate of drug-likeness (QED) is 0.720. The molecule has 0 saturated carbocycles. The van der Waals surface area contributed by atoms with Gasteiger partial charge in [-0.05, 0) is 25.1 Å². The molecule has 82 valence electrons. The summed E-state index contributed by atoms with van der Waals surface area (Å²) in [7, 11) is 1.77. The van der Waals surface area contributed by atoms with Crippen LogP contribution in [-0.2, 0) is 4.79 Å². The molecule has 5 nitrogen and oxygen atoms in total. The van der Waals surface area contributed by atoms with Gasteiger partial charge < -0.3 is 10.1 Å². The van der Waals surface area contributed by atoms with Gasteiger partial charge in [-0.15, -0.1) is 0 Å². The van der Waals surface area contributed by atoms with E-state index < -0.39 is 6.10 Å². The number of rotatable bonds is 1. The Hall–Kier alpha value is -2.22. The first-order valence-electron chi connectivity index (χ1n) is 4.89. The Morgan fingerprint density at radius 2 is 2.31 bits per heavy atom. The molecule has 2 rings (SSSR count). The molecule has 1 atom stereocenters. The van der Waals surface area contributed by atoms with Gasteiger partial charge >= 0.3 is 0 Å². The third-order valence-corrected chi connectivity index (χ3v) is 2.46. The minimum atomic E-state index is -0.618. The molecule has 0 radical (unpaired) electrons. The minimum Gasteiger partial charge on any atom is -0.479 e. The van der Waals surface area contributed by atoms with Gasteiger partial charge in [-0.25, -0.2) is 4.90 Å². The van der Waals surface area contributed by atoms with E-state index >= 15 is 0 Å². The van der Waals surface area contributed by atoms with Gasteiger partial charge in [-0.1, -0.05) is 0 Å². The third-order valence-electron chi connectivity index (χ3n) is 2.46. The largest absolute Gasteiger partial charge is 0.479 e. The number of amides is 1. The normalized spacial score (nSPS) is 18.4. The molecule has 1 N–H and O–H groups in total. The van der Waals surface area contributed by atoms with Gasteiger partial charge in [0, 0.05) is 12.7 Å². The molecule has 1 heterocycles. The molecule has 0 aliphatic carbocycles. The van der Waals surface area contributed by atoms with Crippen LogP contribution in [0, 0.1) is 11.5 Å². The number of nitrogens with one attached hydrogen (secondary N) is 1. The molecule has 16 heavy (non-hydrogen) atoms. The second-order valence-corrected chi connectivity index (χ2v) is 3.47. The Morgan fingerprint density at radius 1 is 1.56 bits per heavy atom. The van der Waals surface area contributed by atoms with Crippen molar-refractivity contribution in [2.24, 2.45) is 0 Å². The van der Waals surface area contributed by atoms with Crippen LogP contribution in [0.3, 0.4) is 0 Å². The monoisotopic (exact) mass is 217 g/mol. The Labute approximate surface area is 93.2 Å². The molecule has 0 bridgehead atoms. The lowest BCUT2D eigenvalue weighted by Crippen LogP contribution is -2.41. The van der Waals surface area contributed by atoms with Crippen LogP contribution in [-0.4, -0.2) is 19.1 Å². The van der Waals surface area contributed by atoms with Crippen molar-refractivity contribution in [1.82, 2.24) is 0 Å². The summed E-state index contributed by atoms with van der Waals surface area (Å²) in [5.41, 5.74) is 1.31. The molecule has 0 saturated heterocycles. The number of hydrogen-bond donors (Lipinski definition) is 1. The lowest BCUT2D eigenvalue weighted by molar-refractivity contribution is -0.124. The van der Waals surface area contributed by atoms with E-state index in [1.54, 1.807) is 26.1 Å². The van der Waals surface area contributed by atoms with Crippen molar-refractivity contribution >= 4 is 17.3 Å². The van der Waals surface area contributed by atoms with Gasteiger partial charge in [-0.2, -0.15) is 5.26 Å². The summed E-state index contributed by atoms with van der Waals surface area (Å²) >= 11 is 0. The summed E-state index contributed by atoms with van der Waals surface area (Å²) in [6, 6.07) is 5.29. The zero-order chi connectivity index (χ0) is 11.7. The Balaban J connectivity index is 2.53. The van der Waals surface area contributed by atoms with E-state index in [9.17, 15) is 4.79 Å². The molecular weight excluding hydrogens is 206 g/mol. The van der Waals surface area contributed by atoms with E-state index in [0.29, 0.717) is 11.4 Å². The predicted octanol–water partition coefficient (Wildman–Crippen LogP) is 1.32. The van der Waals surface area contributed by atoms with E-state index in [4.69, 9.17) is 10.00 Å². The Morgan fingerprint density at radius 3 is 2.94 bits per heavy atom.